The molecule has 0 aromatic carbocycles. The first kappa shape index (κ1) is 16.5. The second kappa shape index (κ2) is 6.30. The number of nitrogens with zero attached hydrogens (tertiary/aromatic N) is 4. The molecular formula is C17H23N5O2. The third-order valence-electron chi connectivity index (χ3n) is 4.73. The summed E-state index contributed by atoms with van der Waals surface area (Å²) in [7, 11) is 0. The minimum absolute atomic E-state index is 0.0789. The number of likely N-dealkylation sites (tertiary alicyclic amines) is 1. The van der Waals surface area contributed by atoms with Gasteiger partial charge >= 0.3 is 0 Å². The van der Waals surface area contributed by atoms with E-state index in [4.69, 9.17) is 0 Å². The molecule has 0 bridgehead atoms. The number of nitrogens with one attached hydrogen (secondary N) is 1. The van der Waals surface area contributed by atoms with E-state index in [2.05, 4.69) is 40.7 Å². The van der Waals surface area contributed by atoms with Gasteiger partial charge in [0.25, 0.3) is 11.5 Å². The normalized spacial score (nSPS) is 17.4. The average Bonchev–Trinajstić information content (AvgIpc) is 2.53. The third-order valence-corrected chi connectivity index (χ3v) is 4.73. The molecule has 1 fully saturated rings. The topological polar surface area (TPSA) is 91.8 Å². The van der Waals surface area contributed by atoms with Gasteiger partial charge in [-0.25, -0.2) is 15.0 Å². The number of carbonyl (C=O) groups excluding carboxylic acids is 1. The van der Waals surface area contributed by atoms with E-state index >= 15 is 0 Å². The van der Waals surface area contributed by atoms with Gasteiger partial charge in [0, 0.05) is 13.1 Å². The van der Waals surface area contributed by atoms with Crippen LogP contribution in [0.2, 0.25) is 0 Å². The van der Waals surface area contributed by atoms with Crippen LogP contribution in [0, 0.1) is 11.3 Å². The lowest BCUT2D eigenvalue weighted by Crippen LogP contribution is -2.44. The Bertz CT molecular complexity index is 806. The van der Waals surface area contributed by atoms with Gasteiger partial charge in [-0.1, -0.05) is 20.8 Å². The Morgan fingerprint density at radius 3 is 2.75 bits per heavy atom. The van der Waals surface area contributed by atoms with Crippen LogP contribution in [0.3, 0.4) is 0 Å². The van der Waals surface area contributed by atoms with Crippen LogP contribution in [-0.4, -0.2) is 43.8 Å². The lowest BCUT2D eigenvalue weighted by atomic mass is 9.74. The summed E-state index contributed by atoms with van der Waals surface area (Å²) in [6.45, 7) is 8.05. The van der Waals surface area contributed by atoms with Crippen LogP contribution in [0.5, 0.6) is 0 Å². The van der Waals surface area contributed by atoms with Crippen molar-refractivity contribution in [2.75, 3.05) is 13.1 Å². The second-order valence-corrected chi connectivity index (χ2v) is 7.37. The summed E-state index contributed by atoms with van der Waals surface area (Å²) in [4.78, 5) is 41.2. The second-order valence-electron chi connectivity index (χ2n) is 7.37. The minimum Gasteiger partial charge on any atom is -0.337 e. The molecule has 1 aliphatic rings. The maximum absolute atomic E-state index is 12.7. The van der Waals surface area contributed by atoms with Crippen molar-refractivity contribution >= 4 is 17.1 Å². The maximum atomic E-state index is 12.7. The molecule has 2 aromatic rings. The van der Waals surface area contributed by atoms with E-state index in [0.29, 0.717) is 30.2 Å². The van der Waals surface area contributed by atoms with Crippen molar-refractivity contribution in [2.24, 2.45) is 11.3 Å². The molecule has 0 spiro atoms. The van der Waals surface area contributed by atoms with Crippen LogP contribution in [0.15, 0.2) is 17.3 Å². The Labute approximate surface area is 140 Å². The number of fused-ring (bicyclic) bond motifs is 1. The Balaban J connectivity index is 1.79. The predicted molar refractivity (Wildman–Crippen MR) is 90.7 cm³/mol. The minimum atomic E-state index is -0.498. The van der Waals surface area contributed by atoms with Gasteiger partial charge in [-0.2, -0.15) is 0 Å². The van der Waals surface area contributed by atoms with Gasteiger partial charge < -0.3 is 9.88 Å². The van der Waals surface area contributed by atoms with Crippen LogP contribution in [-0.2, 0) is 0 Å². The molecule has 128 valence electrons. The molecular weight excluding hydrogens is 306 g/mol. The Kier molecular flexibility index (Phi) is 4.34. The van der Waals surface area contributed by atoms with Crippen LogP contribution >= 0.6 is 0 Å². The summed E-state index contributed by atoms with van der Waals surface area (Å²) < 4.78 is 0. The molecule has 0 atom stereocenters. The molecule has 24 heavy (non-hydrogen) atoms. The summed E-state index contributed by atoms with van der Waals surface area (Å²) in [5.74, 6) is 0.329. The predicted octanol–water partition coefficient (Wildman–Crippen LogP) is 2.00. The van der Waals surface area contributed by atoms with Crippen LogP contribution in [0.4, 0.5) is 0 Å². The van der Waals surface area contributed by atoms with Crippen molar-refractivity contribution in [3.8, 4) is 0 Å². The highest BCUT2D eigenvalue weighted by Crippen LogP contribution is 2.37. The number of rotatable bonds is 3. The molecule has 0 unspecified atom stereocenters. The quantitative estimate of drug-likeness (QED) is 0.930. The molecule has 1 aliphatic heterocycles. The summed E-state index contributed by atoms with van der Waals surface area (Å²) in [5.41, 5.74) is 0.449. The molecule has 2 aromatic heterocycles. The number of aromatic nitrogens is 4. The Hall–Kier alpha value is -2.31. The number of hydrogen-bond acceptors (Lipinski definition) is 5. The number of amides is 1. The number of carbonyl (C=O) groups is 1. The van der Waals surface area contributed by atoms with Crippen LogP contribution < -0.4 is 5.56 Å². The van der Waals surface area contributed by atoms with E-state index in [1.165, 1.54) is 12.5 Å². The van der Waals surface area contributed by atoms with Gasteiger partial charge in [0.2, 0.25) is 0 Å². The number of H-pyrrole nitrogens is 1. The molecule has 0 saturated carbocycles. The van der Waals surface area contributed by atoms with Gasteiger partial charge in [0.1, 0.15) is 11.8 Å². The number of aromatic amines is 1. The zero-order chi connectivity index (χ0) is 17.3. The van der Waals surface area contributed by atoms with E-state index in [9.17, 15) is 9.59 Å². The fraction of sp³-hybridized carbons (Fsp3) is 0.588. The van der Waals surface area contributed by atoms with E-state index < -0.39 is 5.56 Å². The molecule has 3 heterocycles. The molecule has 7 heteroatoms. The highest BCUT2D eigenvalue weighted by molar-refractivity contribution is 5.93. The van der Waals surface area contributed by atoms with E-state index in [-0.39, 0.29) is 17.0 Å². The molecule has 1 N–H and O–H groups in total. The summed E-state index contributed by atoms with van der Waals surface area (Å²) in [5, 5.41) is 0. The van der Waals surface area contributed by atoms with Crippen molar-refractivity contribution in [3.63, 3.8) is 0 Å². The van der Waals surface area contributed by atoms with Crippen molar-refractivity contribution in [2.45, 2.75) is 40.0 Å². The number of piperidine rings is 1. The van der Waals surface area contributed by atoms with Crippen molar-refractivity contribution in [3.05, 3.63) is 28.6 Å². The largest absolute Gasteiger partial charge is 0.337 e. The van der Waals surface area contributed by atoms with Crippen LogP contribution in [0.25, 0.3) is 11.2 Å². The lowest BCUT2D eigenvalue weighted by Gasteiger charge is -2.40. The smallest absolute Gasteiger partial charge is 0.281 e. The number of hydrogen-bond donors (Lipinski definition) is 1. The Morgan fingerprint density at radius 2 is 2.08 bits per heavy atom. The average molecular weight is 329 g/mol. The highest BCUT2D eigenvalue weighted by atomic mass is 16.2. The molecule has 7 nitrogen and oxygen atoms in total. The van der Waals surface area contributed by atoms with Crippen molar-refractivity contribution in [1.29, 1.82) is 0 Å². The zero-order valence-electron chi connectivity index (χ0n) is 14.4. The third kappa shape index (κ3) is 3.29. The standard InChI is InChI=1S/C17H23N5O2/c1-11(2)8-17(3)4-6-22(7-5-17)16(24)13-15(23)21-14-12(20-13)9-18-10-19-14/h9-11H,4-8H2,1-3H3,(H,18,19,21,23). The van der Waals surface area contributed by atoms with Gasteiger partial charge in [0.15, 0.2) is 11.3 Å². The monoisotopic (exact) mass is 329 g/mol. The van der Waals surface area contributed by atoms with Gasteiger partial charge in [-0.15, -0.1) is 0 Å². The first-order valence-electron chi connectivity index (χ1n) is 8.37. The lowest BCUT2D eigenvalue weighted by molar-refractivity contribution is 0.0563. The van der Waals surface area contributed by atoms with E-state index in [1.54, 1.807) is 4.90 Å². The fourth-order valence-electron chi connectivity index (χ4n) is 3.57. The fourth-order valence-corrected chi connectivity index (χ4v) is 3.57. The van der Waals surface area contributed by atoms with Crippen molar-refractivity contribution in [1.82, 2.24) is 24.8 Å². The SMILES string of the molecule is CC(C)CC1(C)CCN(C(=O)c2nc3cncnc3[nH]c2=O)CC1. The molecule has 1 saturated heterocycles. The zero-order valence-corrected chi connectivity index (χ0v) is 14.4. The highest BCUT2D eigenvalue weighted by Gasteiger charge is 2.33. The van der Waals surface area contributed by atoms with Gasteiger partial charge in [-0.05, 0) is 30.6 Å². The molecule has 0 radical (unpaired) electrons. The van der Waals surface area contributed by atoms with E-state index in [0.717, 1.165) is 19.3 Å². The molecule has 3 rings (SSSR count). The van der Waals surface area contributed by atoms with Gasteiger partial charge in [-0.3, -0.25) is 9.59 Å². The Morgan fingerprint density at radius 1 is 1.38 bits per heavy atom. The first-order valence-corrected chi connectivity index (χ1v) is 8.37. The summed E-state index contributed by atoms with van der Waals surface area (Å²) in [6, 6.07) is 0. The van der Waals surface area contributed by atoms with E-state index in [1.807, 2.05) is 0 Å². The first-order chi connectivity index (χ1) is 11.4. The summed E-state index contributed by atoms with van der Waals surface area (Å²) >= 11 is 0. The molecule has 1 amide bonds. The van der Waals surface area contributed by atoms with Crippen molar-refractivity contribution < 1.29 is 4.79 Å². The maximum Gasteiger partial charge on any atom is 0.281 e. The molecule has 0 aliphatic carbocycles. The summed E-state index contributed by atoms with van der Waals surface area (Å²) in [6.07, 6.45) is 5.88. The van der Waals surface area contributed by atoms with Crippen LogP contribution in [0.1, 0.15) is 50.5 Å². The van der Waals surface area contributed by atoms with Gasteiger partial charge in [0.05, 0.1) is 6.20 Å².